The van der Waals surface area contributed by atoms with Crippen molar-refractivity contribution in [3.63, 3.8) is 0 Å². The zero-order valence-corrected chi connectivity index (χ0v) is 7.16. The third kappa shape index (κ3) is 8.69. The van der Waals surface area contributed by atoms with E-state index < -0.39 is 5.97 Å². The van der Waals surface area contributed by atoms with E-state index in [-0.39, 0.29) is 0 Å². The zero-order valence-electron chi connectivity index (χ0n) is 7.16. The molecule has 0 atom stereocenters. The number of hydrogen-bond acceptors (Lipinski definition) is 1. The van der Waals surface area contributed by atoms with Crippen LogP contribution in [0.5, 0.6) is 0 Å². The molecule has 1 radical (unpaired) electrons. The fraction of sp³-hybridized carbons (Fsp3) is 0.300. The molecule has 0 fully saturated rings. The normalized spacial score (nSPS) is 8.08. The average Bonchev–Trinajstić information content (AvgIpc) is 2.08. The van der Waals surface area contributed by atoms with Gasteiger partial charge in [-0.05, 0) is 12.5 Å². The van der Waals surface area contributed by atoms with Gasteiger partial charge in [-0.25, -0.2) is 0 Å². The maximum absolute atomic E-state index is 9.60. The summed E-state index contributed by atoms with van der Waals surface area (Å²) >= 11 is 0. The van der Waals surface area contributed by atoms with Crippen LogP contribution in [0.4, 0.5) is 0 Å². The van der Waals surface area contributed by atoms with Crippen LogP contribution in [0.2, 0.25) is 0 Å². The SMILES string of the molecule is CCCC(=O)O.[c]1ccccc1. The lowest BCUT2D eigenvalue weighted by atomic mass is 10.4. The van der Waals surface area contributed by atoms with Gasteiger partial charge in [0.05, 0.1) is 0 Å². The fourth-order valence-electron chi connectivity index (χ4n) is 0.556. The van der Waals surface area contributed by atoms with Crippen LogP contribution in [0.1, 0.15) is 19.8 Å². The maximum atomic E-state index is 9.60. The molecule has 65 valence electrons. The summed E-state index contributed by atoms with van der Waals surface area (Å²) in [4.78, 5) is 9.60. The van der Waals surface area contributed by atoms with Gasteiger partial charge in [-0.2, -0.15) is 0 Å². The minimum atomic E-state index is -0.711. The second-order valence-electron chi connectivity index (χ2n) is 2.22. The molecule has 1 rings (SSSR count). The summed E-state index contributed by atoms with van der Waals surface area (Å²) < 4.78 is 0. The number of aliphatic carboxylic acids is 1. The van der Waals surface area contributed by atoms with Gasteiger partial charge in [0.25, 0.3) is 0 Å². The maximum Gasteiger partial charge on any atom is 0.303 e. The van der Waals surface area contributed by atoms with Gasteiger partial charge in [0.1, 0.15) is 0 Å². The highest BCUT2D eigenvalue weighted by Crippen LogP contribution is 1.82. The first-order chi connectivity index (χ1) is 5.77. The van der Waals surface area contributed by atoms with E-state index in [2.05, 4.69) is 6.07 Å². The van der Waals surface area contributed by atoms with Crippen LogP contribution in [0.3, 0.4) is 0 Å². The summed E-state index contributed by atoms with van der Waals surface area (Å²) in [6, 6.07) is 12.5. The molecule has 0 aliphatic carbocycles. The predicted molar refractivity (Wildman–Crippen MR) is 47.8 cm³/mol. The third-order valence-electron chi connectivity index (χ3n) is 1.07. The molecule has 0 spiro atoms. The van der Waals surface area contributed by atoms with E-state index in [9.17, 15) is 4.79 Å². The molecular formula is C10H13O2. The van der Waals surface area contributed by atoms with Crippen LogP contribution in [-0.2, 0) is 4.79 Å². The first kappa shape index (κ1) is 10.7. The molecule has 2 heteroatoms. The van der Waals surface area contributed by atoms with Crippen LogP contribution in [0, 0.1) is 6.07 Å². The summed E-state index contributed by atoms with van der Waals surface area (Å²) in [6.45, 7) is 1.84. The van der Waals surface area contributed by atoms with Gasteiger partial charge in [0.2, 0.25) is 0 Å². The Labute approximate surface area is 72.9 Å². The van der Waals surface area contributed by atoms with Gasteiger partial charge < -0.3 is 5.11 Å². The summed E-state index contributed by atoms with van der Waals surface area (Å²) in [6.07, 6.45) is 1.02. The standard InChI is InChI=1S/C6H5.C4H8O2/c1-2-4-6-5-3-1;1-2-3-4(5)6/h1-5H;2-3H2,1H3,(H,5,6). The van der Waals surface area contributed by atoms with Crippen LogP contribution in [0.15, 0.2) is 30.3 Å². The van der Waals surface area contributed by atoms with Gasteiger partial charge in [-0.15, -0.1) is 0 Å². The van der Waals surface area contributed by atoms with Crippen molar-refractivity contribution in [2.75, 3.05) is 0 Å². The summed E-state index contributed by atoms with van der Waals surface area (Å²) in [5.74, 6) is -0.711. The minimum Gasteiger partial charge on any atom is -0.481 e. The molecule has 0 amide bonds. The van der Waals surface area contributed by atoms with Crippen LogP contribution in [-0.4, -0.2) is 11.1 Å². The van der Waals surface area contributed by atoms with Gasteiger partial charge in [-0.1, -0.05) is 37.3 Å². The number of rotatable bonds is 2. The zero-order chi connectivity index (χ0) is 9.23. The molecule has 0 unspecified atom stereocenters. The minimum absolute atomic E-state index is 0.292. The summed E-state index contributed by atoms with van der Waals surface area (Å²) in [7, 11) is 0. The van der Waals surface area contributed by atoms with E-state index in [0.717, 1.165) is 6.42 Å². The lowest BCUT2D eigenvalue weighted by Gasteiger charge is -1.79. The highest BCUT2D eigenvalue weighted by molar-refractivity contribution is 5.66. The van der Waals surface area contributed by atoms with Crippen molar-refractivity contribution in [3.8, 4) is 0 Å². The second-order valence-corrected chi connectivity index (χ2v) is 2.22. The van der Waals surface area contributed by atoms with Crippen molar-refractivity contribution in [1.29, 1.82) is 0 Å². The molecule has 0 heterocycles. The monoisotopic (exact) mass is 165 g/mol. The molecule has 0 aliphatic rings. The van der Waals surface area contributed by atoms with E-state index in [1.54, 1.807) is 0 Å². The molecule has 0 saturated heterocycles. The summed E-state index contributed by atoms with van der Waals surface area (Å²) in [5, 5.41) is 7.91. The Hall–Kier alpha value is -1.31. The fourth-order valence-corrected chi connectivity index (χ4v) is 0.556. The molecule has 1 aromatic carbocycles. The third-order valence-corrected chi connectivity index (χ3v) is 1.07. The van der Waals surface area contributed by atoms with Crippen LogP contribution in [0.25, 0.3) is 0 Å². The number of benzene rings is 1. The first-order valence-electron chi connectivity index (χ1n) is 3.90. The molecule has 0 saturated carbocycles. The Morgan fingerprint density at radius 2 is 1.92 bits per heavy atom. The van der Waals surface area contributed by atoms with Crippen molar-refractivity contribution < 1.29 is 9.90 Å². The molecule has 0 bridgehead atoms. The smallest absolute Gasteiger partial charge is 0.303 e. The second kappa shape index (κ2) is 7.79. The Kier molecular flexibility index (Phi) is 6.94. The Morgan fingerprint density at radius 1 is 1.33 bits per heavy atom. The predicted octanol–water partition coefficient (Wildman–Crippen LogP) is 2.36. The van der Waals surface area contributed by atoms with E-state index >= 15 is 0 Å². The molecule has 0 aromatic heterocycles. The van der Waals surface area contributed by atoms with Crippen LogP contribution >= 0.6 is 0 Å². The molecule has 0 aliphatic heterocycles. The van der Waals surface area contributed by atoms with E-state index in [0.29, 0.717) is 6.42 Å². The largest absolute Gasteiger partial charge is 0.481 e. The van der Waals surface area contributed by atoms with Crippen molar-refractivity contribution in [2.24, 2.45) is 0 Å². The van der Waals surface area contributed by atoms with Gasteiger partial charge in [0, 0.05) is 6.42 Å². The Bertz CT molecular complexity index is 168. The summed E-state index contributed by atoms with van der Waals surface area (Å²) in [5.41, 5.74) is 0. The van der Waals surface area contributed by atoms with Crippen molar-refractivity contribution in [3.05, 3.63) is 36.4 Å². The van der Waals surface area contributed by atoms with Gasteiger partial charge in [-0.3, -0.25) is 4.79 Å². The number of carboxylic acids is 1. The topological polar surface area (TPSA) is 37.3 Å². The highest BCUT2D eigenvalue weighted by atomic mass is 16.4. The van der Waals surface area contributed by atoms with Crippen molar-refractivity contribution in [2.45, 2.75) is 19.8 Å². The molecule has 1 aromatic rings. The number of carbonyl (C=O) groups is 1. The lowest BCUT2D eigenvalue weighted by molar-refractivity contribution is -0.137. The number of carboxylic acid groups (broad SMARTS) is 1. The number of hydrogen-bond donors (Lipinski definition) is 1. The molecular weight excluding hydrogens is 152 g/mol. The molecule has 2 nitrogen and oxygen atoms in total. The average molecular weight is 165 g/mol. The van der Waals surface area contributed by atoms with E-state index in [4.69, 9.17) is 5.11 Å². The van der Waals surface area contributed by atoms with Crippen molar-refractivity contribution >= 4 is 5.97 Å². The first-order valence-corrected chi connectivity index (χ1v) is 3.90. The molecule has 12 heavy (non-hydrogen) atoms. The van der Waals surface area contributed by atoms with E-state index in [1.165, 1.54) is 0 Å². The van der Waals surface area contributed by atoms with Gasteiger partial charge >= 0.3 is 5.97 Å². The molecule has 1 N–H and O–H groups in total. The quantitative estimate of drug-likeness (QED) is 0.730. The lowest BCUT2D eigenvalue weighted by Crippen LogP contribution is -1.90. The van der Waals surface area contributed by atoms with Gasteiger partial charge in [0.15, 0.2) is 0 Å². The van der Waals surface area contributed by atoms with Crippen molar-refractivity contribution in [1.82, 2.24) is 0 Å². The van der Waals surface area contributed by atoms with Crippen LogP contribution < -0.4 is 0 Å². The van der Waals surface area contributed by atoms with E-state index in [1.807, 2.05) is 37.3 Å². The Morgan fingerprint density at radius 3 is 2.00 bits per heavy atom. The highest BCUT2D eigenvalue weighted by Gasteiger charge is 1.87. The Balaban J connectivity index is 0.000000202.